The number of hydrogen-bond acceptors (Lipinski definition) is 3. The molecule has 0 radical (unpaired) electrons. The Bertz CT molecular complexity index is 720. The molecule has 1 N–H and O–H groups in total. The number of esters is 1. The van der Waals surface area contributed by atoms with E-state index in [0.717, 1.165) is 38.2 Å². The van der Waals surface area contributed by atoms with Crippen molar-refractivity contribution in [2.24, 2.45) is 0 Å². The largest absolute Gasteiger partial charge is 0.452 e. The zero-order chi connectivity index (χ0) is 19.7. The fourth-order valence-electron chi connectivity index (χ4n) is 3.68. The van der Waals surface area contributed by atoms with E-state index < -0.39 is 54.1 Å². The van der Waals surface area contributed by atoms with E-state index in [2.05, 4.69) is 9.72 Å². The second-order valence-electron chi connectivity index (χ2n) is 7.08. The molecule has 0 aromatic carbocycles. The number of ether oxygens (including phenoxy) is 1. The Morgan fingerprint density at radius 2 is 1.44 bits per heavy atom. The van der Waals surface area contributed by atoms with Crippen molar-refractivity contribution < 1.29 is 31.5 Å². The van der Waals surface area contributed by atoms with E-state index in [0.29, 0.717) is 5.69 Å². The van der Waals surface area contributed by atoms with Crippen LogP contribution in [0.3, 0.4) is 0 Å². The summed E-state index contributed by atoms with van der Waals surface area (Å²) < 4.78 is 72.1. The Morgan fingerprint density at radius 3 is 2.00 bits per heavy atom. The summed E-state index contributed by atoms with van der Waals surface area (Å²) in [6.45, 7) is 0. The van der Waals surface area contributed by atoms with Crippen LogP contribution in [0.4, 0.5) is 22.0 Å². The van der Waals surface area contributed by atoms with Gasteiger partial charge in [-0.25, -0.2) is 26.7 Å². The van der Waals surface area contributed by atoms with Crippen LogP contribution in [0.2, 0.25) is 0 Å². The molecule has 0 aliphatic heterocycles. The van der Waals surface area contributed by atoms with Crippen LogP contribution < -0.4 is 5.56 Å². The molecule has 2 aliphatic rings. The second kappa shape index (κ2) is 7.98. The van der Waals surface area contributed by atoms with E-state index in [1.807, 2.05) is 0 Å². The standard InChI is InChI=1S/C18H20F5NO3/c19-11-12(20)14(22)16(15(23)13(11)21)27-18(26)9-6-7-10(24-17(9)25)8-4-2-1-3-5-8/h6-8,11-16H,1-5H2,(H,24,25). The molecule has 1 aromatic rings. The van der Waals surface area contributed by atoms with Crippen LogP contribution in [-0.2, 0) is 4.74 Å². The molecular formula is C18H20F5NO3. The van der Waals surface area contributed by atoms with Crippen LogP contribution in [0, 0.1) is 0 Å². The molecule has 0 spiro atoms. The van der Waals surface area contributed by atoms with Crippen molar-refractivity contribution in [3.05, 3.63) is 33.7 Å². The third-order valence-corrected chi connectivity index (χ3v) is 5.28. The number of alkyl halides is 5. The molecule has 2 aliphatic carbocycles. The van der Waals surface area contributed by atoms with Crippen molar-refractivity contribution in [2.45, 2.75) is 75.0 Å². The summed E-state index contributed by atoms with van der Waals surface area (Å²) >= 11 is 0. The molecule has 0 amide bonds. The molecule has 4 unspecified atom stereocenters. The first-order valence-corrected chi connectivity index (χ1v) is 8.96. The van der Waals surface area contributed by atoms with Gasteiger partial charge in [-0.1, -0.05) is 19.3 Å². The number of nitrogens with one attached hydrogen (secondary N) is 1. The van der Waals surface area contributed by atoms with Gasteiger partial charge >= 0.3 is 5.97 Å². The lowest BCUT2D eigenvalue weighted by Gasteiger charge is -2.35. The predicted octanol–water partition coefficient (Wildman–Crippen LogP) is 3.65. The molecule has 2 fully saturated rings. The molecule has 27 heavy (non-hydrogen) atoms. The number of halogens is 5. The number of H-pyrrole nitrogens is 1. The third kappa shape index (κ3) is 3.87. The van der Waals surface area contributed by atoms with Gasteiger partial charge in [0.05, 0.1) is 0 Å². The fourth-order valence-corrected chi connectivity index (χ4v) is 3.68. The van der Waals surface area contributed by atoms with Crippen molar-refractivity contribution in [3.63, 3.8) is 0 Å². The Labute approximate surface area is 152 Å². The first-order valence-electron chi connectivity index (χ1n) is 8.96. The molecular weight excluding hydrogens is 373 g/mol. The van der Waals surface area contributed by atoms with E-state index in [4.69, 9.17) is 0 Å². The maximum Gasteiger partial charge on any atom is 0.344 e. The Kier molecular flexibility index (Phi) is 5.86. The summed E-state index contributed by atoms with van der Waals surface area (Å²) in [4.78, 5) is 26.8. The van der Waals surface area contributed by atoms with Gasteiger partial charge in [0, 0.05) is 5.69 Å². The molecule has 0 bridgehead atoms. The van der Waals surface area contributed by atoms with E-state index >= 15 is 0 Å². The van der Waals surface area contributed by atoms with E-state index in [-0.39, 0.29) is 5.92 Å². The molecule has 1 heterocycles. The predicted molar refractivity (Wildman–Crippen MR) is 86.6 cm³/mol. The number of carbonyl (C=O) groups is 1. The average Bonchev–Trinajstić information content (AvgIpc) is 2.68. The second-order valence-corrected chi connectivity index (χ2v) is 7.08. The van der Waals surface area contributed by atoms with Crippen molar-refractivity contribution in [2.75, 3.05) is 0 Å². The highest BCUT2D eigenvalue weighted by Crippen LogP contribution is 2.34. The van der Waals surface area contributed by atoms with Gasteiger partial charge in [0.1, 0.15) is 5.56 Å². The minimum absolute atomic E-state index is 0.154. The van der Waals surface area contributed by atoms with Crippen LogP contribution in [0.1, 0.15) is 54.1 Å². The maximum absolute atomic E-state index is 13.8. The highest BCUT2D eigenvalue weighted by molar-refractivity contribution is 5.89. The highest BCUT2D eigenvalue weighted by Gasteiger charge is 2.55. The van der Waals surface area contributed by atoms with Gasteiger partial charge in [0.25, 0.3) is 5.56 Å². The topological polar surface area (TPSA) is 59.2 Å². The third-order valence-electron chi connectivity index (χ3n) is 5.28. The van der Waals surface area contributed by atoms with Crippen LogP contribution in [0.15, 0.2) is 16.9 Å². The van der Waals surface area contributed by atoms with Gasteiger partial charge < -0.3 is 9.72 Å². The lowest BCUT2D eigenvalue weighted by molar-refractivity contribution is -0.129. The number of aromatic nitrogens is 1. The van der Waals surface area contributed by atoms with Gasteiger partial charge in [-0.05, 0) is 30.9 Å². The van der Waals surface area contributed by atoms with Gasteiger partial charge in [-0.2, -0.15) is 0 Å². The van der Waals surface area contributed by atoms with Crippen molar-refractivity contribution in [1.82, 2.24) is 4.98 Å². The summed E-state index contributed by atoms with van der Waals surface area (Å²) in [6, 6.07) is 2.68. The summed E-state index contributed by atoms with van der Waals surface area (Å²) in [6.07, 6.45) is -12.1. The number of hydrogen-bond donors (Lipinski definition) is 1. The lowest BCUT2D eigenvalue weighted by atomic mass is 9.86. The van der Waals surface area contributed by atoms with Crippen molar-refractivity contribution in [3.8, 4) is 0 Å². The van der Waals surface area contributed by atoms with Crippen LogP contribution in [0.5, 0.6) is 0 Å². The van der Waals surface area contributed by atoms with Gasteiger partial charge in [-0.15, -0.1) is 0 Å². The number of pyridine rings is 1. The van der Waals surface area contributed by atoms with Gasteiger partial charge in [0.15, 0.2) is 37.0 Å². The minimum atomic E-state index is -2.98. The first kappa shape index (κ1) is 19.8. The van der Waals surface area contributed by atoms with Crippen molar-refractivity contribution >= 4 is 5.97 Å². The molecule has 9 heteroatoms. The van der Waals surface area contributed by atoms with Crippen LogP contribution in [-0.4, -0.2) is 47.9 Å². The average molecular weight is 393 g/mol. The van der Waals surface area contributed by atoms with E-state index in [1.165, 1.54) is 6.07 Å². The van der Waals surface area contributed by atoms with Crippen LogP contribution >= 0.6 is 0 Å². The molecule has 4 nitrogen and oxygen atoms in total. The molecule has 3 rings (SSSR count). The normalized spacial score (nSPS) is 35.0. The number of aromatic amines is 1. The lowest BCUT2D eigenvalue weighted by Crippen LogP contribution is -2.57. The summed E-state index contributed by atoms with van der Waals surface area (Å²) in [5.41, 5.74) is -0.711. The fraction of sp³-hybridized carbons (Fsp3) is 0.667. The van der Waals surface area contributed by atoms with Crippen LogP contribution in [0.25, 0.3) is 0 Å². The summed E-state index contributed by atoms with van der Waals surface area (Å²) in [5, 5.41) is 0. The molecule has 4 atom stereocenters. The Morgan fingerprint density at radius 1 is 0.889 bits per heavy atom. The van der Waals surface area contributed by atoms with E-state index in [9.17, 15) is 31.5 Å². The minimum Gasteiger partial charge on any atom is -0.452 e. The zero-order valence-electron chi connectivity index (χ0n) is 14.3. The first-order chi connectivity index (χ1) is 12.8. The van der Waals surface area contributed by atoms with Gasteiger partial charge in [0.2, 0.25) is 0 Å². The number of carbonyl (C=O) groups excluding carboxylic acids is 1. The van der Waals surface area contributed by atoms with E-state index in [1.54, 1.807) is 0 Å². The van der Waals surface area contributed by atoms with Crippen molar-refractivity contribution in [1.29, 1.82) is 0 Å². The highest BCUT2D eigenvalue weighted by atomic mass is 19.2. The zero-order valence-corrected chi connectivity index (χ0v) is 14.3. The molecule has 150 valence electrons. The smallest absolute Gasteiger partial charge is 0.344 e. The quantitative estimate of drug-likeness (QED) is 0.630. The molecule has 1 aromatic heterocycles. The summed E-state index contributed by atoms with van der Waals surface area (Å²) in [5.74, 6) is -1.26. The van der Waals surface area contributed by atoms with Gasteiger partial charge in [-0.3, -0.25) is 4.79 Å². The Hall–Kier alpha value is -1.93. The molecule has 0 saturated heterocycles. The Balaban J connectivity index is 1.75. The maximum atomic E-state index is 13.8. The number of rotatable bonds is 3. The molecule has 2 saturated carbocycles. The summed E-state index contributed by atoms with van der Waals surface area (Å²) in [7, 11) is 0. The SMILES string of the molecule is O=C(OC1C(F)C(F)C(F)C(F)C1F)c1ccc(C2CCCCC2)[nH]c1=O. The monoisotopic (exact) mass is 393 g/mol.